The van der Waals surface area contributed by atoms with Crippen LogP contribution in [0.3, 0.4) is 0 Å². The molecule has 1 atom stereocenters. The third-order valence-corrected chi connectivity index (χ3v) is 5.92. The van der Waals surface area contributed by atoms with E-state index in [-0.39, 0.29) is 23.4 Å². The largest absolute Gasteiger partial charge is 0.310 e. The zero-order valence-corrected chi connectivity index (χ0v) is 17.6. The Hall–Kier alpha value is -2.58. The minimum atomic E-state index is -0.117. The van der Waals surface area contributed by atoms with Crippen LogP contribution in [0.1, 0.15) is 31.6 Å². The highest BCUT2D eigenvalue weighted by atomic mass is 79.9. The highest BCUT2D eigenvalue weighted by molar-refractivity contribution is 9.10. The highest BCUT2D eigenvalue weighted by Crippen LogP contribution is 2.26. The van der Waals surface area contributed by atoms with Gasteiger partial charge in [0.05, 0.1) is 16.9 Å². The molecule has 0 spiro atoms. The summed E-state index contributed by atoms with van der Waals surface area (Å²) in [5.41, 5.74) is 0.586. The molecule has 2 N–H and O–H groups in total. The number of halogens is 1. The molecule has 1 aliphatic rings. The second-order valence-corrected chi connectivity index (χ2v) is 8.22. The monoisotopic (exact) mass is 455 g/mol. The van der Waals surface area contributed by atoms with Crippen LogP contribution in [0.25, 0.3) is 10.9 Å². The highest BCUT2D eigenvalue weighted by Gasteiger charge is 2.29. The molecule has 29 heavy (non-hydrogen) atoms. The molecule has 0 bridgehead atoms. The van der Waals surface area contributed by atoms with Crippen LogP contribution in [0.15, 0.2) is 51.9 Å². The Kier molecular flexibility index (Phi) is 5.73. The van der Waals surface area contributed by atoms with Crippen molar-refractivity contribution in [2.24, 2.45) is 5.92 Å². The summed E-state index contributed by atoms with van der Waals surface area (Å²) < 4.78 is 0.873. The number of fused-ring (bicyclic) bond motifs is 1. The van der Waals surface area contributed by atoms with Gasteiger partial charge in [-0.1, -0.05) is 12.1 Å². The van der Waals surface area contributed by atoms with Crippen molar-refractivity contribution < 1.29 is 4.79 Å². The molecule has 0 radical (unpaired) electrons. The Morgan fingerprint density at radius 3 is 2.72 bits per heavy atom. The van der Waals surface area contributed by atoms with Crippen molar-refractivity contribution in [1.82, 2.24) is 19.9 Å². The number of piperidine rings is 1. The van der Waals surface area contributed by atoms with Crippen molar-refractivity contribution in [2.45, 2.75) is 25.8 Å². The van der Waals surface area contributed by atoms with Gasteiger partial charge in [0.25, 0.3) is 5.56 Å². The van der Waals surface area contributed by atoms with Gasteiger partial charge < -0.3 is 10.3 Å². The maximum Gasteiger partial charge on any atom is 0.258 e. The summed E-state index contributed by atoms with van der Waals surface area (Å²) in [5.74, 6) is 1.18. The first-order valence-electron chi connectivity index (χ1n) is 9.66. The molecule has 0 saturated carbocycles. The number of amides is 1. The van der Waals surface area contributed by atoms with E-state index in [9.17, 15) is 9.59 Å². The molecule has 4 rings (SSSR count). The number of aromatic amines is 1. The molecule has 2 aromatic heterocycles. The summed E-state index contributed by atoms with van der Waals surface area (Å²) >= 11 is 3.34. The summed E-state index contributed by atoms with van der Waals surface area (Å²) in [7, 11) is 0. The number of benzene rings is 1. The first kappa shape index (κ1) is 19.7. The average molecular weight is 456 g/mol. The fourth-order valence-corrected chi connectivity index (χ4v) is 3.94. The maximum atomic E-state index is 12.5. The predicted octanol–water partition coefficient (Wildman–Crippen LogP) is 3.49. The second-order valence-electron chi connectivity index (χ2n) is 7.31. The number of likely N-dealkylation sites (tertiary alicyclic amines) is 1. The molecule has 3 heterocycles. The number of anilines is 1. The number of hydrogen-bond acceptors (Lipinski definition) is 5. The molecule has 1 unspecified atom stereocenters. The Bertz CT molecular complexity index is 1070. The van der Waals surface area contributed by atoms with Gasteiger partial charge in [0.1, 0.15) is 11.6 Å². The van der Waals surface area contributed by atoms with Crippen molar-refractivity contribution in [3.05, 3.63) is 63.2 Å². The predicted molar refractivity (Wildman–Crippen MR) is 116 cm³/mol. The standard InChI is InChI=1S/C21H22BrN5O2/c1-13(19-24-17-5-3-2-4-16(17)21(29)26-19)27-10-8-14(9-11-27)20(28)25-18-7-6-15(22)12-23-18/h2-7,12-14H,8-11H2,1H3,(H,23,25,28)(H,24,26,29). The normalized spacial score (nSPS) is 16.6. The number of rotatable bonds is 4. The van der Waals surface area contributed by atoms with Gasteiger partial charge in [0.2, 0.25) is 5.91 Å². The summed E-state index contributed by atoms with van der Waals surface area (Å²) in [4.78, 5) is 38.9. The summed E-state index contributed by atoms with van der Waals surface area (Å²) in [6, 6.07) is 11.0. The van der Waals surface area contributed by atoms with Crippen molar-refractivity contribution in [3.63, 3.8) is 0 Å². The lowest BCUT2D eigenvalue weighted by Gasteiger charge is -2.34. The van der Waals surface area contributed by atoms with E-state index in [0.717, 1.165) is 30.4 Å². The molecule has 1 aromatic carbocycles. The van der Waals surface area contributed by atoms with E-state index >= 15 is 0 Å². The molecule has 3 aromatic rings. The van der Waals surface area contributed by atoms with Gasteiger partial charge >= 0.3 is 0 Å². The van der Waals surface area contributed by atoms with Crippen molar-refractivity contribution >= 4 is 38.6 Å². The zero-order chi connectivity index (χ0) is 20.4. The van der Waals surface area contributed by atoms with Gasteiger partial charge in [-0.25, -0.2) is 9.97 Å². The fraction of sp³-hybridized carbons (Fsp3) is 0.333. The number of carbonyl (C=O) groups excluding carboxylic acids is 1. The van der Waals surface area contributed by atoms with Gasteiger partial charge in [-0.15, -0.1) is 0 Å². The van der Waals surface area contributed by atoms with E-state index in [0.29, 0.717) is 22.5 Å². The Balaban J connectivity index is 1.39. The lowest BCUT2D eigenvalue weighted by molar-refractivity contribution is -0.121. The Morgan fingerprint density at radius 1 is 1.24 bits per heavy atom. The van der Waals surface area contributed by atoms with Crippen LogP contribution < -0.4 is 10.9 Å². The molecule has 150 valence electrons. The number of aromatic nitrogens is 3. The van der Waals surface area contributed by atoms with Gasteiger partial charge in [-0.3, -0.25) is 14.5 Å². The lowest BCUT2D eigenvalue weighted by Crippen LogP contribution is -2.40. The molecular weight excluding hydrogens is 434 g/mol. The van der Waals surface area contributed by atoms with Crippen molar-refractivity contribution in [2.75, 3.05) is 18.4 Å². The molecule has 1 fully saturated rings. The fourth-order valence-electron chi connectivity index (χ4n) is 3.70. The number of carbonyl (C=O) groups is 1. The molecule has 7 nitrogen and oxygen atoms in total. The van der Waals surface area contributed by atoms with Gasteiger partial charge in [0.15, 0.2) is 0 Å². The number of pyridine rings is 1. The van der Waals surface area contributed by atoms with Crippen LogP contribution in [0.4, 0.5) is 5.82 Å². The van der Waals surface area contributed by atoms with Crippen LogP contribution in [0, 0.1) is 5.92 Å². The summed E-state index contributed by atoms with van der Waals surface area (Å²) in [6.45, 7) is 3.58. The molecule has 0 aliphatic carbocycles. The lowest BCUT2D eigenvalue weighted by atomic mass is 9.95. The number of nitrogens with zero attached hydrogens (tertiary/aromatic N) is 3. The minimum Gasteiger partial charge on any atom is -0.310 e. The van der Waals surface area contributed by atoms with Gasteiger partial charge in [-0.05, 0) is 73.1 Å². The summed E-state index contributed by atoms with van der Waals surface area (Å²) in [6.07, 6.45) is 3.17. The Labute approximate surface area is 176 Å². The van der Waals surface area contributed by atoms with Gasteiger partial charge in [0, 0.05) is 16.6 Å². The number of para-hydroxylation sites is 1. The minimum absolute atomic E-state index is 0.00404. The van der Waals surface area contributed by atoms with Crippen LogP contribution in [0.2, 0.25) is 0 Å². The van der Waals surface area contributed by atoms with Crippen LogP contribution in [-0.2, 0) is 4.79 Å². The first-order valence-corrected chi connectivity index (χ1v) is 10.5. The maximum absolute atomic E-state index is 12.5. The third kappa shape index (κ3) is 4.38. The quantitative estimate of drug-likeness (QED) is 0.627. The Morgan fingerprint density at radius 2 is 2.00 bits per heavy atom. The SMILES string of the molecule is CC(c1nc2ccccc2c(=O)[nH]1)N1CCC(C(=O)Nc2ccc(Br)cn2)CC1. The first-order chi connectivity index (χ1) is 14.0. The van der Waals surface area contributed by atoms with E-state index in [1.807, 2.05) is 31.2 Å². The number of nitrogens with one attached hydrogen (secondary N) is 2. The summed E-state index contributed by atoms with van der Waals surface area (Å²) in [5, 5.41) is 3.49. The van der Waals surface area contributed by atoms with Crippen LogP contribution >= 0.6 is 15.9 Å². The van der Waals surface area contributed by atoms with Crippen LogP contribution in [-0.4, -0.2) is 38.8 Å². The van der Waals surface area contributed by atoms with Crippen molar-refractivity contribution in [1.29, 1.82) is 0 Å². The third-order valence-electron chi connectivity index (χ3n) is 5.45. The van der Waals surface area contributed by atoms with Crippen molar-refractivity contribution in [3.8, 4) is 0 Å². The van der Waals surface area contributed by atoms with E-state index < -0.39 is 0 Å². The van der Waals surface area contributed by atoms with E-state index in [4.69, 9.17) is 0 Å². The molecule has 8 heteroatoms. The molecule has 1 saturated heterocycles. The zero-order valence-electron chi connectivity index (χ0n) is 16.1. The van der Waals surface area contributed by atoms with Gasteiger partial charge in [-0.2, -0.15) is 0 Å². The molecular formula is C21H22BrN5O2. The molecule has 1 aliphatic heterocycles. The topological polar surface area (TPSA) is 91.0 Å². The molecule has 1 amide bonds. The van der Waals surface area contributed by atoms with E-state index in [1.165, 1.54) is 0 Å². The second kappa shape index (κ2) is 8.42. The van der Waals surface area contributed by atoms with E-state index in [1.54, 1.807) is 18.3 Å². The smallest absolute Gasteiger partial charge is 0.258 e. The van der Waals surface area contributed by atoms with Crippen LogP contribution in [0.5, 0.6) is 0 Å². The number of hydrogen-bond donors (Lipinski definition) is 2. The average Bonchev–Trinajstić information content (AvgIpc) is 2.75. The van der Waals surface area contributed by atoms with E-state index in [2.05, 4.69) is 41.1 Å². The number of H-pyrrole nitrogens is 1.